The van der Waals surface area contributed by atoms with Gasteiger partial charge in [-0.05, 0) is 34.2 Å². The Bertz CT molecular complexity index is 584. The Kier molecular flexibility index (Phi) is 5.33. The highest BCUT2D eigenvalue weighted by atomic mass is 19.1. The molecule has 0 fully saturated rings. The van der Waals surface area contributed by atoms with Gasteiger partial charge in [0.05, 0.1) is 6.61 Å². The van der Waals surface area contributed by atoms with E-state index in [1.54, 1.807) is 0 Å². The number of aliphatic hydroxyl groups excluding tert-OH is 1. The molecule has 0 spiro atoms. The third-order valence-electron chi connectivity index (χ3n) is 3.79. The maximum Gasteiger partial charge on any atom is 0.123 e. The molecule has 2 rings (SSSR count). The molecule has 2 N–H and O–H groups in total. The molecule has 0 saturated carbocycles. The first-order chi connectivity index (χ1) is 10.4. The van der Waals surface area contributed by atoms with Gasteiger partial charge in [0.25, 0.3) is 0 Å². The highest BCUT2D eigenvalue weighted by Gasteiger charge is 2.25. The van der Waals surface area contributed by atoms with Crippen LogP contribution in [-0.4, -0.2) is 5.11 Å². The van der Waals surface area contributed by atoms with Crippen LogP contribution < -0.4 is 5.32 Å². The average molecular weight is 301 g/mol. The second-order valence-corrected chi connectivity index (χ2v) is 6.71. The number of nitrogens with one attached hydrogen (secondary N) is 1. The molecule has 2 nitrogen and oxygen atoms in total. The molecular weight excluding hydrogens is 277 g/mol. The Hall–Kier alpha value is -1.71. The monoisotopic (exact) mass is 301 g/mol. The summed E-state index contributed by atoms with van der Waals surface area (Å²) < 4.78 is 13.1. The summed E-state index contributed by atoms with van der Waals surface area (Å²) in [7, 11) is 0. The molecular formula is C19H24FNO. The molecule has 2 aromatic carbocycles. The summed E-state index contributed by atoms with van der Waals surface area (Å²) in [5.41, 5.74) is 3.17. The van der Waals surface area contributed by atoms with E-state index in [1.807, 2.05) is 36.4 Å². The summed E-state index contributed by atoms with van der Waals surface area (Å²) in [4.78, 5) is 0. The minimum Gasteiger partial charge on any atom is -0.392 e. The molecule has 1 atom stereocenters. The molecule has 0 radical (unpaired) electrons. The van der Waals surface area contributed by atoms with Gasteiger partial charge in [-0.2, -0.15) is 0 Å². The molecule has 0 aliphatic heterocycles. The number of hydrogen-bond donors (Lipinski definition) is 2. The van der Waals surface area contributed by atoms with E-state index >= 15 is 0 Å². The van der Waals surface area contributed by atoms with E-state index in [1.165, 1.54) is 12.1 Å². The first-order valence-corrected chi connectivity index (χ1v) is 7.57. The third-order valence-corrected chi connectivity index (χ3v) is 3.79. The van der Waals surface area contributed by atoms with Crippen molar-refractivity contribution in [3.63, 3.8) is 0 Å². The van der Waals surface area contributed by atoms with E-state index in [0.29, 0.717) is 0 Å². The summed E-state index contributed by atoms with van der Waals surface area (Å²) in [6.07, 6.45) is 0. The topological polar surface area (TPSA) is 32.3 Å². The largest absolute Gasteiger partial charge is 0.392 e. The predicted molar refractivity (Wildman–Crippen MR) is 87.8 cm³/mol. The summed E-state index contributed by atoms with van der Waals surface area (Å²) in [6.45, 7) is 7.30. The van der Waals surface area contributed by atoms with Crippen LogP contribution in [0, 0.1) is 11.2 Å². The molecule has 0 saturated heterocycles. The summed E-state index contributed by atoms with van der Waals surface area (Å²) in [6, 6.07) is 14.7. The van der Waals surface area contributed by atoms with Crippen molar-refractivity contribution in [2.24, 2.45) is 5.41 Å². The lowest BCUT2D eigenvalue weighted by Crippen LogP contribution is -2.32. The maximum atomic E-state index is 13.1. The number of halogens is 1. The SMILES string of the molecule is CC(C)(C)C(NCc1ccc(CO)cc1)c1ccc(F)cc1. The lowest BCUT2D eigenvalue weighted by atomic mass is 9.82. The maximum absolute atomic E-state index is 13.1. The first kappa shape index (κ1) is 16.7. The van der Waals surface area contributed by atoms with Crippen LogP contribution in [0.3, 0.4) is 0 Å². The number of aliphatic hydroxyl groups is 1. The second-order valence-electron chi connectivity index (χ2n) is 6.71. The average Bonchev–Trinajstić information content (AvgIpc) is 2.48. The zero-order chi connectivity index (χ0) is 16.2. The van der Waals surface area contributed by atoms with Crippen molar-refractivity contribution in [1.29, 1.82) is 0 Å². The normalized spacial score (nSPS) is 13.1. The minimum absolute atomic E-state index is 0.0167. The van der Waals surface area contributed by atoms with E-state index in [2.05, 4.69) is 26.1 Å². The van der Waals surface area contributed by atoms with Crippen molar-refractivity contribution in [3.8, 4) is 0 Å². The van der Waals surface area contributed by atoms with Crippen molar-refractivity contribution in [2.75, 3.05) is 0 Å². The zero-order valence-corrected chi connectivity index (χ0v) is 13.4. The predicted octanol–water partition coefficient (Wildman–Crippen LogP) is 4.20. The summed E-state index contributed by atoms with van der Waals surface area (Å²) >= 11 is 0. The Labute approximate surface area is 132 Å². The molecule has 22 heavy (non-hydrogen) atoms. The van der Waals surface area contributed by atoms with Crippen molar-refractivity contribution < 1.29 is 9.50 Å². The van der Waals surface area contributed by atoms with Crippen LogP contribution in [0.2, 0.25) is 0 Å². The van der Waals surface area contributed by atoms with E-state index in [4.69, 9.17) is 5.11 Å². The van der Waals surface area contributed by atoms with Gasteiger partial charge in [0.2, 0.25) is 0 Å². The zero-order valence-electron chi connectivity index (χ0n) is 13.4. The number of benzene rings is 2. The van der Waals surface area contributed by atoms with Gasteiger partial charge in [0, 0.05) is 12.6 Å². The highest BCUT2D eigenvalue weighted by Crippen LogP contribution is 2.33. The van der Waals surface area contributed by atoms with Crippen LogP contribution >= 0.6 is 0 Å². The van der Waals surface area contributed by atoms with Crippen molar-refractivity contribution >= 4 is 0 Å². The fourth-order valence-corrected chi connectivity index (χ4v) is 2.56. The quantitative estimate of drug-likeness (QED) is 0.867. The van der Waals surface area contributed by atoms with E-state index in [0.717, 1.165) is 23.2 Å². The van der Waals surface area contributed by atoms with Crippen LogP contribution in [0.15, 0.2) is 48.5 Å². The van der Waals surface area contributed by atoms with Gasteiger partial charge in [-0.1, -0.05) is 57.2 Å². The Morgan fingerprint density at radius 1 is 0.955 bits per heavy atom. The highest BCUT2D eigenvalue weighted by molar-refractivity contribution is 5.24. The van der Waals surface area contributed by atoms with Crippen molar-refractivity contribution in [1.82, 2.24) is 5.32 Å². The van der Waals surface area contributed by atoms with Crippen molar-refractivity contribution in [3.05, 3.63) is 71.0 Å². The van der Waals surface area contributed by atoms with Gasteiger partial charge < -0.3 is 10.4 Å². The molecule has 0 aromatic heterocycles. The molecule has 0 aliphatic carbocycles. The fourth-order valence-electron chi connectivity index (χ4n) is 2.56. The minimum atomic E-state index is -0.212. The Morgan fingerprint density at radius 3 is 2.00 bits per heavy atom. The second kappa shape index (κ2) is 7.03. The number of rotatable bonds is 5. The fraction of sp³-hybridized carbons (Fsp3) is 0.368. The van der Waals surface area contributed by atoms with Gasteiger partial charge >= 0.3 is 0 Å². The van der Waals surface area contributed by atoms with Crippen LogP contribution in [0.1, 0.15) is 43.5 Å². The Morgan fingerprint density at radius 2 is 1.50 bits per heavy atom. The first-order valence-electron chi connectivity index (χ1n) is 7.57. The van der Waals surface area contributed by atoms with Crippen LogP contribution in [0.5, 0.6) is 0 Å². The molecule has 118 valence electrons. The molecule has 0 bridgehead atoms. The molecule has 0 heterocycles. The van der Waals surface area contributed by atoms with Gasteiger partial charge in [-0.25, -0.2) is 4.39 Å². The van der Waals surface area contributed by atoms with Gasteiger partial charge in [-0.15, -0.1) is 0 Å². The molecule has 1 unspecified atom stereocenters. The van der Waals surface area contributed by atoms with Crippen LogP contribution in [0.25, 0.3) is 0 Å². The summed E-state index contributed by atoms with van der Waals surface area (Å²) in [5, 5.41) is 12.6. The molecule has 3 heteroatoms. The van der Waals surface area contributed by atoms with Gasteiger partial charge in [0.1, 0.15) is 5.82 Å². The molecule has 0 aliphatic rings. The number of hydrogen-bond acceptors (Lipinski definition) is 2. The van der Waals surface area contributed by atoms with Crippen LogP contribution in [-0.2, 0) is 13.2 Å². The van der Waals surface area contributed by atoms with Crippen molar-refractivity contribution in [2.45, 2.75) is 40.0 Å². The van der Waals surface area contributed by atoms with E-state index < -0.39 is 0 Å². The van der Waals surface area contributed by atoms with Gasteiger partial charge in [0.15, 0.2) is 0 Å². The lowest BCUT2D eigenvalue weighted by molar-refractivity contribution is 0.270. The van der Waals surface area contributed by atoms with E-state index in [-0.39, 0.29) is 23.9 Å². The molecule has 2 aromatic rings. The lowest BCUT2D eigenvalue weighted by Gasteiger charge is -2.32. The summed E-state index contributed by atoms with van der Waals surface area (Å²) in [5.74, 6) is -0.212. The van der Waals surface area contributed by atoms with Gasteiger partial charge in [-0.3, -0.25) is 0 Å². The Balaban J connectivity index is 2.11. The van der Waals surface area contributed by atoms with Crippen LogP contribution in [0.4, 0.5) is 4.39 Å². The smallest absolute Gasteiger partial charge is 0.123 e. The van der Waals surface area contributed by atoms with E-state index in [9.17, 15) is 4.39 Å². The third kappa shape index (κ3) is 4.39. The standard InChI is InChI=1S/C19H24FNO/c1-19(2,3)18(16-8-10-17(20)11-9-16)21-12-14-4-6-15(13-22)7-5-14/h4-11,18,21-22H,12-13H2,1-3H3. The molecule has 0 amide bonds.